The molecule has 0 spiro atoms. The fourth-order valence-corrected chi connectivity index (χ4v) is 2.73. The number of ether oxygens (including phenoxy) is 1. The number of rotatable bonds is 7. The van der Waals surface area contributed by atoms with Gasteiger partial charge in [-0.2, -0.15) is 0 Å². The number of carbonyl (C=O) groups excluding carboxylic acids is 1. The lowest BCUT2D eigenvalue weighted by Crippen LogP contribution is -2.32. The second kappa shape index (κ2) is 7.26. The molecule has 0 saturated carbocycles. The highest BCUT2D eigenvalue weighted by Gasteiger charge is 2.23. The molecule has 1 aromatic rings. The standard InChI is InChI=1S/C15H22O3Si/c1-13(2)15(16)17-10-11-19(3,4)18-12-14-8-6-5-7-9-14/h5-9H,1,10-12H2,2-4H3. The molecule has 0 aliphatic heterocycles. The van der Waals surface area contributed by atoms with Crippen molar-refractivity contribution in [1.29, 1.82) is 0 Å². The highest BCUT2D eigenvalue weighted by Crippen LogP contribution is 2.14. The first-order valence-electron chi connectivity index (χ1n) is 6.41. The summed E-state index contributed by atoms with van der Waals surface area (Å²) >= 11 is 0. The highest BCUT2D eigenvalue weighted by atomic mass is 28.4. The van der Waals surface area contributed by atoms with Gasteiger partial charge in [0.2, 0.25) is 0 Å². The lowest BCUT2D eigenvalue weighted by atomic mass is 10.2. The summed E-state index contributed by atoms with van der Waals surface area (Å²) < 4.78 is 11.1. The SMILES string of the molecule is C=C(C)C(=O)OCC[Si](C)(C)OCc1ccccc1. The monoisotopic (exact) mass is 278 g/mol. The van der Waals surface area contributed by atoms with Crippen LogP contribution in [0.4, 0.5) is 0 Å². The van der Waals surface area contributed by atoms with E-state index >= 15 is 0 Å². The van der Waals surface area contributed by atoms with Crippen molar-refractivity contribution in [3.05, 3.63) is 48.0 Å². The Bertz CT molecular complexity index is 426. The van der Waals surface area contributed by atoms with E-state index in [1.165, 1.54) is 5.56 Å². The van der Waals surface area contributed by atoms with Gasteiger partial charge in [0, 0.05) is 11.6 Å². The van der Waals surface area contributed by atoms with Crippen LogP contribution in [0.25, 0.3) is 0 Å². The zero-order valence-electron chi connectivity index (χ0n) is 11.9. The van der Waals surface area contributed by atoms with Gasteiger partial charge in [-0.15, -0.1) is 0 Å². The molecule has 0 radical (unpaired) electrons. The van der Waals surface area contributed by atoms with E-state index in [1.54, 1.807) is 6.92 Å². The van der Waals surface area contributed by atoms with Crippen molar-refractivity contribution < 1.29 is 14.0 Å². The van der Waals surface area contributed by atoms with Crippen LogP contribution in [0.5, 0.6) is 0 Å². The molecule has 0 atom stereocenters. The maximum absolute atomic E-state index is 11.3. The average molecular weight is 278 g/mol. The van der Waals surface area contributed by atoms with Gasteiger partial charge in [0.15, 0.2) is 8.32 Å². The Hall–Kier alpha value is -1.39. The fraction of sp³-hybridized carbons (Fsp3) is 0.400. The van der Waals surface area contributed by atoms with Gasteiger partial charge in [-0.3, -0.25) is 0 Å². The van der Waals surface area contributed by atoms with Crippen LogP contribution in [0.2, 0.25) is 19.1 Å². The second-order valence-corrected chi connectivity index (χ2v) is 9.51. The minimum atomic E-state index is -1.79. The van der Waals surface area contributed by atoms with Crippen LogP contribution in [-0.4, -0.2) is 20.9 Å². The van der Waals surface area contributed by atoms with E-state index in [2.05, 4.69) is 19.7 Å². The maximum atomic E-state index is 11.3. The first-order valence-corrected chi connectivity index (χ1v) is 9.53. The van der Waals surface area contributed by atoms with Gasteiger partial charge in [0.05, 0.1) is 13.2 Å². The first-order chi connectivity index (χ1) is 8.91. The summed E-state index contributed by atoms with van der Waals surface area (Å²) in [5, 5.41) is 0. The van der Waals surface area contributed by atoms with Gasteiger partial charge in [-0.1, -0.05) is 36.9 Å². The molecule has 0 heterocycles. The fourth-order valence-electron chi connectivity index (χ4n) is 1.44. The van der Waals surface area contributed by atoms with Crippen molar-refractivity contribution in [1.82, 2.24) is 0 Å². The predicted octanol–water partition coefficient (Wildman–Crippen LogP) is 3.53. The molecule has 0 fully saturated rings. The lowest BCUT2D eigenvalue weighted by Gasteiger charge is -2.22. The van der Waals surface area contributed by atoms with Gasteiger partial charge in [0.1, 0.15) is 0 Å². The van der Waals surface area contributed by atoms with Gasteiger partial charge >= 0.3 is 5.97 Å². The maximum Gasteiger partial charge on any atom is 0.333 e. The number of benzene rings is 1. The number of hydrogen-bond acceptors (Lipinski definition) is 3. The average Bonchev–Trinajstić information content (AvgIpc) is 2.37. The molecule has 1 rings (SSSR count). The number of esters is 1. The summed E-state index contributed by atoms with van der Waals surface area (Å²) in [4.78, 5) is 11.3. The van der Waals surface area contributed by atoms with Crippen molar-refractivity contribution in [2.24, 2.45) is 0 Å². The molecule has 1 aromatic carbocycles. The normalized spacial score (nSPS) is 11.1. The Labute approximate surface area is 116 Å². The molecule has 104 valence electrons. The molecule has 0 saturated heterocycles. The van der Waals surface area contributed by atoms with E-state index in [-0.39, 0.29) is 5.97 Å². The molecular weight excluding hydrogens is 256 g/mol. The van der Waals surface area contributed by atoms with Crippen LogP contribution < -0.4 is 0 Å². The van der Waals surface area contributed by atoms with Crippen molar-refractivity contribution >= 4 is 14.3 Å². The zero-order valence-corrected chi connectivity index (χ0v) is 12.9. The third-order valence-electron chi connectivity index (χ3n) is 2.76. The van der Waals surface area contributed by atoms with Crippen LogP contribution in [0.3, 0.4) is 0 Å². The Morgan fingerprint density at radius 3 is 2.47 bits per heavy atom. The van der Waals surface area contributed by atoms with Gasteiger partial charge in [0.25, 0.3) is 0 Å². The van der Waals surface area contributed by atoms with Gasteiger partial charge < -0.3 is 9.16 Å². The molecule has 3 nitrogen and oxygen atoms in total. The molecule has 4 heteroatoms. The molecule has 0 amide bonds. The Morgan fingerprint density at radius 2 is 1.89 bits per heavy atom. The van der Waals surface area contributed by atoms with Gasteiger partial charge in [-0.05, 0) is 25.6 Å². The van der Waals surface area contributed by atoms with Crippen molar-refractivity contribution in [3.63, 3.8) is 0 Å². The van der Waals surface area contributed by atoms with Crippen LogP contribution >= 0.6 is 0 Å². The van der Waals surface area contributed by atoms with Crippen molar-refractivity contribution in [3.8, 4) is 0 Å². The Kier molecular flexibility index (Phi) is 5.98. The third-order valence-corrected chi connectivity index (χ3v) is 5.09. The van der Waals surface area contributed by atoms with E-state index in [0.29, 0.717) is 18.8 Å². The van der Waals surface area contributed by atoms with E-state index in [9.17, 15) is 4.79 Å². The van der Waals surface area contributed by atoms with E-state index in [4.69, 9.17) is 9.16 Å². The first kappa shape index (κ1) is 15.7. The molecule has 0 unspecified atom stereocenters. The van der Waals surface area contributed by atoms with Crippen LogP contribution in [0.1, 0.15) is 12.5 Å². The molecule has 0 bridgehead atoms. The summed E-state index contributed by atoms with van der Waals surface area (Å²) in [6, 6.07) is 10.9. The summed E-state index contributed by atoms with van der Waals surface area (Å²) in [6.07, 6.45) is 0. The zero-order chi connectivity index (χ0) is 14.3. The summed E-state index contributed by atoms with van der Waals surface area (Å²) in [7, 11) is -1.79. The highest BCUT2D eigenvalue weighted by molar-refractivity contribution is 6.71. The minimum Gasteiger partial charge on any atom is -0.463 e. The summed E-state index contributed by atoms with van der Waals surface area (Å²) in [5.74, 6) is -0.326. The predicted molar refractivity (Wildman–Crippen MR) is 79.3 cm³/mol. The Morgan fingerprint density at radius 1 is 1.26 bits per heavy atom. The number of carbonyl (C=O) groups is 1. The Balaban J connectivity index is 2.31. The topological polar surface area (TPSA) is 35.5 Å². The van der Waals surface area contributed by atoms with Gasteiger partial charge in [-0.25, -0.2) is 4.79 Å². The van der Waals surface area contributed by atoms with E-state index < -0.39 is 8.32 Å². The second-order valence-electron chi connectivity index (χ2n) is 5.20. The molecular formula is C15H22O3Si. The summed E-state index contributed by atoms with van der Waals surface area (Å²) in [5.41, 5.74) is 1.60. The molecule has 0 N–H and O–H groups in total. The van der Waals surface area contributed by atoms with E-state index in [1.807, 2.05) is 30.3 Å². The third kappa shape index (κ3) is 6.36. The molecule has 0 aliphatic carbocycles. The van der Waals surface area contributed by atoms with Crippen molar-refractivity contribution in [2.45, 2.75) is 32.7 Å². The summed E-state index contributed by atoms with van der Waals surface area (Å²) in [6.45, 7) is 10.5. The van der Waals surface area contributed by atoms with Crippen molar-refractivity contribution in [2.75, 3.05) is 6.61 Å². The largest absolute Gasteiger partial charge is 0.463 e. The molecule has 19 heavy (non-hydrogen) atoms. The number of hydrogen-bond donors (Lipinski definition) is 0. The quantitative estimate of drug-likeness (QED) is 0.435. The van der Waals surface area contributed by atoms with E-state index in [0.717, 1.165) is 6.04 Å². The lowest BCUT2D eigenvalue weighted by molar-refractivity contribution is -0.138. The van der Waals surface area contributed by atoms with Crippen LogP contribution in [-0.2, 0) is 20.6 Å². The minimum absolute atomic E-state index is 0.326. The van der Waals surface area contributed by atoms with Crippen LogP contribution in [0.15, 0.2) is 42.5 Å². The van der Waals surface area contributed by atoms with Crippen LogP contribution in [0, 0.1) is 0 Å². The molecule has 0 aliphatic rings. The smallest absolute Gasteiger partial charge is 0.333 e. The molecule has 0 aromatic heterocycles.